The molecule has 0 amide bonds. The van der Waals surface area contributed by atoms with Crippen LogP contribution in [0, 0.1) is 0 Å². The predicted octanol–water partition coefficient (Wildman–Crippen LogP) is 2.86. The minimum Gasteiger partial charge on any atom is -0.329 e. The Morgan fingerprint density at radius 1 is 1.10 bits per heavy atom. The highest BCUT2D eigenvalue weighted by Crippen LogP contribution is 2.24. The molecule has 1 unspecified atom stereocenters. The molecule has 2 aromatic rings. The van der Waals surface area contributed by atoms with Crippen LogP contribution in [0.15, 0.2) is 54.9 Å². The second-order valence-corrected chi connectivity index (χ2v) is 5.66. The van der Waals surface area contributed by atoms with Crippen LogP contribution >= 0.6 is 0 Å². The van der Waals surface area contributed by atoms with Crippen molar-refractivity contribution in [2.45, 2.75) is 31.8 Å². The fourth-order valence-electron chi connectivity index (χ4n) is 2.81. The van der Waals surface area contributed by atoms with Crippen LogP contribution in [-0.4, -0.2) is 29.0 Å². The summed E-state index contributed by atoms with van der Waals surface area (Å²) in [6, 6.07) is 14.7. The Morgan fingerprint density at radius 2 is 1.81 bits per heavy atom. The molecule has 0 fully saturated rings. The largest absolute Gasteiger partial charge is 0.329 e. The van der Waals surface area contributed by atoms with Gasteiger partial charge in [0, 0.05) is 31.0 Å². The van der Waals surface area contributed by atoms with Crippen LogP contribution in [0.25, 0.3) is 0 Å². The highest BCUT2D eigenvalue weighted by molar-refractivity contribution is 5.19. The first-order valence-electron chi connectivity index (χ1n) is 7.54. The number of rotatable bonds is 7. The van der Waals surface area contributed by atoms with Gasteiger partial charge in [0.1, 0.15) is 0 Å². The van der Waals surface area contributed by atoms with Gasteiger partial charge in [-0.15, -0.1) is 0 Å². The molecule has 3 heteroatoms. The zero-order valence-electron chi connectivity index (χ0n) is 13.0. The topological polar surface area (TPSA) is 42.1 Å². The number of pyridine rings is 1. The normalized spacial score (nSPS) is 14.1. The molecular formula is C18H25N3. The van der Waals surface area contributed by atoms with Gasteiger partial charge in [-0.25, -0.2) is 0 Å². The monoisotopic (exact) mass is 283 g/mol. The van der Waals surface area contributed by atoms with Crippen molar-refractivity contribution in [1.82, 2.24) is 9.88 Å². The summed E-state index contributed by atoms with van der Waals surface area (Å²) in [6.07, 6.45) is 5.73. The van der Waals surface area contributed by atoms with Crippen molar-refractivity contribution in [2.75, 3.05) is 13.6 Å². The second-order valence-electron chi connectivity index (χ2n) is 5.66. The maximum absolute atomic E-state index is 6.16. The zero-order valence-corrected chi connectivity index (χ0v) is 13.0. The van der Waals surface area contributed by atoms with Crippen LogP contribution in [0.2, 0.25) is 0 Å². The van der Waals surface area contributed by atoms with Crippen molar-refractivity contribution in [3.05, 3.63) is 66.0 Å². The van der Waals surface area contributed by atoms with E-state index in [1.807, 2.05) is 18.5 Å². The van der Waals surface area contributed by atoms with Gasteiger partial charge in [0.05, 0.1) is 0 Å². The molecule has 0 bridgehead atoms. The third-order valence-electron chi connectivity index (χ3n) is 4.37. The SMILES string of the molecule is CCC(CN)(Cc1ccccc1)N(C)Cc1cccnc1. The Kier molecular flexibility index (Phi) is 5.48. The Balaban J connectivity index is 2.16. The van der Waals surface area contributed by atoms with E-state index < -0.39 is 0 Å². The molecule has 0 aliphatic rings. The van der Waals surface area contributed by atoms with Crippen molar-refractivity contribution in [1.29, 1.82) is 0 Å². The van der Waals surface area contributed by atoms with Gasteiger partial charge in [0.25, 0.3) is 0 Å². The number of benzene rings is 1. The highest BCUT2D eigenvalue weighted by Gasteiger charge is 2.31. The first kappa shape index (κ1) is 15.7. The van der Waals surface area contributed by atoms with Crippen LogP contribution in [0.3, 0.4) is 0 Å². The van der Waals surface area contributed by atoms with Crippen molar-refractivity contribution in [2.24, 2.45) is 5.73 Å². The van der Waals surface area contributed by atoms with E-state index in [1.165, 1.54) is 11.1 Å². The Morgan fingerprint density at radius 3 is 2.38 bits per heavy atom. The zero-order chi connectivity index (χ0) is 15.1. The maximum atomic E-state index is 6.16. The van der Waals surface area contributed by atoms with E-state index in [9.17, 15) is 0 Å². The van der Waals surface area contributed by atoms with Crippen molar-refractivity contribution >= 4 is 0 Å². The third-order valence-corrected chi connectivity index (χ3v) is 4.37. The van der Waals surface area contributed by atoms with E-state index in [-0.39, 0.29) is 5.54 Å². The molecule has 112 valence electrons. The lowest BCUT2D eigenvalue weighted by Crippen LogP contribution is -2.53. The van der Waals surface area contributed by atoms with Crippen molar-refractivity contribution in [3.8, 4) is 0 Å². The number of likely N-dealkylation sites (N-methyl/N-ethyl adjacent to an activating group) is 1. The molecule has 0 aliphatic heterocycles. The van der Waals surface area contributed by atoms with E-state index in [0.29, 0.717) is 6.54 Å². The van der Waals surface area contributed by atoms with E-state index in [0.717, 1.165) is 19.4 Å². The summed E-state index contributed by atoms with van der Waals surface area (Å²) in [5, 5.41) is 0. The summed E-state index contributed by atoms with van der Waals surface area (Å²) in [6.45, 7) is 3.73. The van der Waals surface area contributed by atoms with E-state index in [1.54, 1.807) is 0 Å². The number of hydrogen-bond acceptors (Lipinski definition) is 3. The molecule has 0 saturated heterocycles. The van der Waals surface area contributed by atoms with Gasteiger partial charge in [0.15, 0.2) is 0 Å². The smallest absolute Gasteiger partial charge is 0.0369 e. The number of hydrogen-bond donors (Lipinski definition) is 1. The summed E-state index contributed by atoms with van der Waals surface area (Å²) in [4.78, 5) is 6.57. The predicted molar refractivity (Wildman–Crippen MR) is 87.9 cm³/mol. The maximum Gasteiger partial charge on any atom is 0.0369 e. The minimum atomic E-state index is -0.0167. The van der Waals surface area contributed by atoms with Crippen LogP contribution in [0.4, 0.5) is 0 Å². The molecule has 2 N–H and O–H groups in total. The van der Waals surface area contributed by atoms with Gasteiger partial charge in [-0.05, 0) is 37.1 Å². The molecular weight excluding hydrogens is 258 g/mol. The number of nitrogens with two attached hydrogens (primary N) is 1. The Hall–Kier alpha value is -1.71. The first-order chi connectivity index (χ1) is 10.2. The fraction of sp³-hybridized carbons (Fsp3) is 0.389. The standard InChI is InChI=1S/C18H25N3/c1-3-18(15-19,12-16-8-5-4-6-9-16)21(2)14-17-10-7-11-20-13-17/h4-11,13H,3,12,14-15,19H2,1-2H3. The Labute approximate surface area is 127 Å². The van der Waals surface area contributed by atoms with Crippen molar-refractivity contribution < 1.29 is 0 Å². The summed E-state index contributed by atoms with van der Waals surface area (Å²) in [5.41, 5.74) is 8.70. The van der Waals surface area contributed by atoms with Gasteiger partial charge in [-0.1, -0.05) is 43.3 Å². The fourth-order valence-corrected chi connectivity index (χ4v) is 2.81. The van der Waals surface area contributed by atoms with Gasteiger partial charge >= 0.3 is 0 Å². The highest BCUT2D eigenvalue weighted by atomic mass is 15.2. The molecule has 3 nitrogen and oxygen atoms in total. The lowest BCUT2D eigenvalue weighted by Gasteiger charge is -2.41. The molecule has 1 atom stereocenters. The molecule has 0 spiro atoms. The minimum absolute atomic E-state index is 0.0167. The average molecular weight is 283 g/mol. The lowest BCUT2D eigenvalue weighted by molar-refractivity contribution is 0.112. The van der Waals surface area contributed by atoms with Gasteiger partial charge in [-0.2, -0.15) is 0 Å². The molecule has 0 radical (unpaired) electrons. The molecule has 0 aliphatic carbocycles. The summed E-state index contributed by atoms with van der Waals surface area (Å²) < 4.78 is 0. The van der Waals surface area contributed by atoms with Crippen LogP contribution in [0.1, 0.15) is 24.5 Å². The van der Waals surface area contributed by atoms with Gasteiger partial charge in [0.2, 0.25) is 0 Å². The molecule has 0 saturated carbocycles. The third kappa shape index (κ3) is 3.90. The summed E-state index contributed by atoms with van der Waals surface area (Å²) >= 11 is 0. The van der Waals surface area contributed by atoms with Crippen LogP contribution in [0.5, 0.6) is 0 Å². The molecule has 2 rings (SSSR count). The molecule has 1 heterocycles. The van der Waals surface area contributed by atoms with Crippen LogP contribution < -0.4 is 5.73 Å². The lowest BCUT2D eigenvalue weighted by atomic mass is 9.86. The van der Waals surface area contributed by atoms with Crippen molar-refractivity contribution in [3.63, 3.8) is 0 Å². The summed E-state index contributed by atoms with van der Waals surface area (Å²) in [7, 11) is 2.16. The molecule has 1 aromatic heterocycles. The number of nitrogens with zero attached hydrogens (tertiary/aromatic N) is 2. The average Bonchev–Trinajstić information content (AvgIpc) is 2.54. The Bertz CT molecular complexity index is 521. The van der Waals surface area contributed by atoms with E-state index in [2.05, 4.69) is 60.3 Å². The van der Waals surface area contributed by atoms with E-state index >= 15 is 0 Å². The van der Waals surface area contributed by atoms with Crippen LogP contribution in [-0.2, 0) is 13.0 Å². The van der Waals surface area contributed by atoms with Gasteiger partial charge < -0.3 is 5.73 Å². The molecule has 21 heavy (non-hydrogen) atoms. The second kappa shape index (κ2) is 7.34. The number of aromatic nitrogens is 1. The molecule has 1 aromatic carbocycles. The van der Waals surface area contributed by atoms with Gasteiger partial charge in [-0.3, -0.25) is 9.88 Å². The quantitative estimate of drug-likeness (QED) is 0.849. The van der Waals surface area contributed by atoms with E-state index in [4.69, 9.17) is 5.73 Å². The summed E-state index contributed by atoms with van der Waals surface area (Å²) in [5.74, 6) is 0. The first-order valence-corrected chi connectivity index (χ1v) is 7.54.